The molecule has 1 aliphatic carbocycles. The number of carbonyl (C=O) groups excluding carboxylic acids is 1. The first-order chi connectivity index (χ1) is 10.2. The molecule has 1 unspecified atom stereocenters. The van der Waals surface area contributed by atoms with Crippen LogP contribution in [0.4, 0.5) is 0 Å². The van der Waals surface area contributed by atoms with Crippen LogP contribution in [0.1, 0.15) is 60.3 Å². The van der Waals surface area contributed by atoms with Gasteiger partial charge in [-0.05, 0) is 32.1 Å². The van der Waals surface area contributed by atoms with Crippen LogP contribution in [-0.2, 0) is 24.0 Å². The molecule has 124 valence electrons. The van der Waals surface area contributed by atoms with E-state index in [1.54, 1.807) is 0 Å². The van der Waals surface area contributed by atoms with E-state index < -0.39 is 17.7 Å². The zero-order valence-corrected chi connectivity index (χ0v) is 14.1. The molecule has 0 radical (unpaired) electrons. The third kappa shape index (κ3) is 1.39. The summed E-state index contributed by atoms with van der Waals surface area (Å²) in [5.74, 6) is -0.794. The van der Waals surface area contributed by atoms with Gasteiger partial charge in [-0.1, -0.05) is 27.7 Å². The second-order valence-electron chi connectivity index (χ2n) is 8.42. The molecule has 4 heterocycles. The monoisotopic (exact) mass is 310 g/mol. The largest absolute Gasteiger partial charge is 0.432 e. The summed E-state index contributed by atoms with van der Waals surface area (Å²) in [6.07, 6.45) is 3.00. The smallest absolute Gasteiger partial charge is 0.311 e. The standard InChI is InChI=1S/C17H26O5/c1-10-6-7-15(4)11(2)12(18)19-13-17(15)14(10,3)8-9-16(5,20-13)21-22-17/h10-11,13H,6-9H2,1-5H3/t10-,11+,13-,14+,15+,16?,17-/m1/s1. The van der Waals surface area contributed by atoms with Crippen molar-refractivity contribution in [3.63, 3.8) is 0 Å². The third-order valence-corrected chi connectivity index (χ3v) is 7.55. The molecule has 1 saturated carbocycles. The second kappa shape index (κ2) is 4.05. The Morgan fingerprint density at radius 1 is 1.00 bits per heavy atom. The molecule has 5 aliphatic rings. The molecule has 0 aromatic rings. The van der Waals surface area contributed by atoms with Crippen LogP contribution in [0.5, 0.6) is 0 Å². The topological polar surface area (TPSA) is 54.0 Å². The number of fused-ring (bicyclic) bond motifs is 2. The molecular formula is C17H26O5. The molecule has 0 amide bonds. The first-order valence-corrected chi connectivity index (χ1v) is 8.44. The van der Waals surface area contributed by atoms with Gasteiger partial charge in [0.25, 0.3) is 0 Å². The molecule has 4 saturated heterocycles. The highest BCUT2D eigenvalue weighted by Gasteiger charge is 2.78. The SMILES string of the molecule is C[C@@H]1CC[C@@]2(C)[C@@H](C)C(=O)O[C@@H]3OC4(C)CC[C@]1(C)[C@]32OO4. The van der Waals surface area contributed by atoms with E-state index in [0.29, 0.717) is 5.92 Å². The van der Waals surface area contributed by atoms with Gasteiger partial charge in [0.2, 0.25) is 12.1 Å². The lowest BCUT2D eigenvalue weighted by molar-refractivity contribution is -0.575. The zero-order valence-electron chi connectivity index (χ0n) is 14.1. The minimum Gasteiger partial charge on any atom is -0.432 e. The van der Waals surface area contributed by atoms with Gasteiger partial charge in [-0.25, -0.2) is 9.78 Å². The Kier molecular flexibility index (Phi) is 2.75. The Labute approximate surface area is 131 Å². The van der Waals surface area contributed by atoms with Crippen molar-refractivity contribution in [2.45, 2.75) is 78.0 Å². The summed E-state index contributed by atoms with van der Waals surface area (Å²) >= 11 is 0. The van der Waals surface area contributed by atoms with Gasteiger partial charge in [0.15, 0.2) is 5.60 Å². The van der Waals surface area contributed by atoms with Crippen LogP contribution in [-0.4, -0.2) is 23.6 Å². The van der Waals surface area contributed by atoms with E-state index in [9.17, 15) is 4.79 Å². The van der Waals surface area contributed by atoms with Gasteiger partial charge in [0.1, 0.15) is 0 Å². The van der Waals surface area contributed by atoms with Crippen molar-refractivity contribution in [2.75, 3.05) is 0 Å². The Bertz CT molecular complexity index is 535. The molecule has 0 aromatic carbocycles. The maximum absolute atomic E-state index is 12.4. The summed E-state index contributed by atoms with van der Waals surface area (Å²) in [7, 11) is 0. The summed E-state index contributed by atoms with van der Waals surface area (Å²) in [4.78, 5) is 24.3. The predicted octanol–water partition coefficient (Wildman–Crippen LogP) is 3.18. The lowest BCUT2D eigenvalue weighted by Gasteiger charge is -2.66. The van der Waals surface area contributed by atoms with Crippen LogP contribution in [0.25, 0.3) is 0 Å². The third-order valence-electron chi connectivity index (χ3n) is 7.55. The van der Waals surface area contributed by atoms with E-state index >= 15 is 0 Å². The summed E-state index contributed by atoms with van der Waals surface area (Å²) in [5, 5.41) is 0. The first kappa shape index (κ1) is 14.9. The van der Waals surface area contributed by atoms with E-state index in [0.717, 1.165) is 25.7 Å². The van der Waals surface area contributed by atoms with Crippen molar-refractivity contribution >= 4 is 5.97 Å². The number of hydrogen-bond donors (Lipinski definition) is 0. The fraction of sp³-hybridized carbons (Fsp3) is 0.941. The number of esters is 1. The van der Waals surface area contributed by atoms with Gasteiger partial charge in [0.05, 0.1) is 5.92 Å². The maximum atomic E-state index is 12.4. The molecule has 2 bridgehead atoms. The van der Waals surface area contributed by atoms with Crippen LogP contribution in [0.3, 0.4) is 0 Å². The lowest BCUT2D eigenvalue weighted by atomic mass is 9.44. The summed E-state index contributed by atoms with van der Waals surface area (Å²) in [5.41, 5.74) is -1.23. The molecule has 5 heteroatoms. The van der Waals surface area contributed by atoms with Gasteiger partial charge in [-0.3, -0.25) is 4.79 Å². The molecule has 5 rings (SSSR count). The molecule has 0 aromatic heterocycles. The highest BCUT2D eigenvalue weighted by molar-refractivity contribution is 5.75. The summed E-state index contributed by atoms with van der Waals surface area (Å²) in [6.45, 7) is 10.5. The van der Waals surface area contributed by atoms with Crippen molar-refractivity contribution in [1.29, 1.82) is 0 Å². The minimum atomic E-state index is -0.836. The molecule has 22 heavy (non-hydrogen) atoms. The van der Waals surface area contributed by atoms with Gasteiger partial charge >= 0.3 is 5.97 Å². The second-order valence-corrected chi connectivity index (χ2v) is 8.42. The molecule has 4 aliphatic heterocycles. The van der Waals surface area contributed by atoms with E-state index in [1.807, 2.05) is 13.8 Å². The molecule has 5 fully saturated rings. The maximum Gasteiger partial charge on any atom is 0.311 e. The Morgan fingerprint density at radius 3 is 2.45 bits per heavy atom. The lowest BCUT2D eigenvalue weighted by Crippen LogP contribution is -2.77. The summed E-state index contributed by atoms with van der Waals surface area (Å²) < 4.78 is 11.9. The Balaban J connectivity index is 1.96. The fourth-order valence-corrected chi connectivity index (χ4v) is 5.42. The molecule has 1 spiro atoms. The summed E-state index contributed by atoms with van der Waals surface area (Å²) in [6, 6.07) is 0. The van der Waals surface area contributed by atoms with Crippen LogP contribution in [0.15, 0.2) is 0 Å². The van der Waals surface area contributed by atoms with Crippen LogP contribution < -0.4 is 0 Å². The van der Waals surface area contributed by atoms with E-state index in [4.69, 9.17) is 19.2 Å². The average molecular weight is 310 g/mol. The van der Waals surface area contributed by atoms with Crippen molar-refractivity contribution in [2.24, 2.45) is 22.7 Å². The normalized spacial score (nSPS) is 60.4. The average Bonchev–Trinajstić information content (AvgIpc) is 2.65. The van der Waals surface area contributed by atoms with Crippen LogP contribution in [0.2, 0.25) is 0 Å². The van der Waals surface area contributed by atoms with Gasteiger partial charge in [-0.15, -0.1) is 0 Å². The van der Waals surface area contributed by atoms with Crippen molar-refractivity contribution in [1.82, 2.24) is 0 Å². The van der Waals surface area contributed by atoms with Crippen LogP contribution >= 0.6 is 0 Å². The minimum absolute atomic E-state index is 0.145. The highest BCUT2D eigenvalue weighted by Crippen LogP contribution is 2.70. The first-order valence-electron chi connectivity index (χ1n) is 8.44. The van der Waals surface area contributed by atoms with Gasteiger partial charge in [0, 0.05) is 17.3 Å². The number of hydrogen-bond acceptors (Lipinski definition) is 5. The van der Waals surface area contributed by atoms with Gasteiger partial charge in [-0.2, -0.15) is 0 Å². The zero-order chi connectivity index (χ0) is 16.0. The molecule has 0 N–H and O–H groups in total. The van der Waals surface area contributed by atoms with Crippen molar-refractivity contribution in [3.05, 3.63) is 0 Å². The number of carbonyl (C=O) groups is 1. The fourth-order valence-electron chi connectivity index (χ4n) is 5.42. The quantitative estimate of drug-likeness (QED) is 0.508. The van der Waals surface area contributed by atoms with E-state index in [2.05, 4.69) is 20.8 Å². The molecule has 7 atom stereocenters. The van der Waals surface area contributed by atoms with Crippen LogP contribution in [0, 0.1) is 22.7 Å². The molecular weight excluding hydrogens is 284 g/mol. The van der Waals surface area contributed by atoms with Gasteiger partial charge < -0.3 is 9.47 Å². The van der Waals surface area contributed by atoms with E-state index in [-0.39, 0.29) is 22.7 Å². The molecule has 5 nitrogen and oxygen atoms in total. The Morgan fingerprint density at radius 2 is 1.73 bits per heavy atom. The van der Waals surface area contributed by atoms with Crippen molar-refractivity contribution in [3.8, 4) is 0 Å². The van der Waals surface area contributed by atoms with Crippen molar-refractivity contribution < 1.29 is 24.0 Å². The number of ether oxygens (including phenoxy) is 2. The van der Waals surface area contributed by atoms with E-state index in [1.165, 1.54) is 0 Å². The Hall–Kier alpha value is -0.650. The predicted molar refractivity (Wildman–Crippen MR) is 77.3 cm³/mol. The number of rotatable bonds is 0. The highest BCUT2D eigenvalue weighted by atomic mass is 17.3.